The number of rotatable bonds is 0. The minimum absolute atomic E-state index is 0.148. The van der Waals surface area contributed by atoms with Gasteiger partial charge >= 0.3 is 0 Å². The molecule has 0 bridgehead atoms. The van der Waals surface area contributed by atoms with E-state index in [0.717, 1.165) is 0 Å². The van der Waals surface area contributed by atoms with Gasteiger partial charge in [0.1, 0.15) is 0 Å². The maximum Gasteiger partial charge on any atom is 0.0973 e. The van der Waals surface area contributed by atoms with Gasteiger partial charge in [-0.15, -0.1) is 11.3 Å². The summed E-state index contributed by atoms with van der Waals surface area (Å²) >= 11 is 1.22. The Kier molecular flexibility index (Phi) is 0.960. The Morgan fingerprint density at radius 2 is 2.14 bits per heavy atom. The third-order valence-electron chi connectivity index (χ3n) is 2.60. The van der Waals surface area contributed by atoms with Crippen molar-refractivity contribution < 1.29 is 13.4 Å². The van der Waals surface area contributed by atoms with Crippen LogP contribution in [0.2, 0.25) is 0 Å². The molecule has 1 aromatic heterocycles. The molecule has 0 unspecified atom stereocenters. The fraction of sp³-hybridized carbons (Fsp3) is 0.545. The Morgan fingerprint density at radius 1 is 1.21 bits per heavy atom. The SMILES string of the molecule is [2H]C1([2H])Cc2sc3c(c2C([2H])([2H])C1([2H])[2H])CC/C3=N\O. The number of hydrogen-bond donors (Lipinski definition) is 1. The van der Waals surface area contributed by atoms with Crippen molar-refractivity contribution in [2.75, 3.05) is 0 Å². The molecule has 0 fully saturated rings. The highest BCUT2D eigenvalue weighted by atomic mass is 32.1. The van der Waals surface area contributed by atoms with Crippen LogP contribution in [0.1, 0.15) is 48.3 Å². The molecule has 0 aromatic carbocycles. The molecule has 0 atom stereocenters. The van der Waals surface area contributed by atoms with E-state index >= 15 is 0 Å². The van der Waals surface area contributed by atoms with Crippen LogP contribution in [-0.2, 0) is 19.2 Å². The number of thiophene rings is 1. The molecule has 0 aliphatic heterocycles. The molecular weight excluding hydrogens is 194 g/mol. The predicted molar refractivity (Wildman–Crippen MR) is 57.6 cm³/mol. The number of nitrogens with zero attached hydrogens (tertiary/aromatic N) is 1. The van der Waals surface area contributed by atoms with Crippen molar-refractivity contribution in [3.05, 3.63) is 20.9 Å². The fourth-order valence-corrected chi connectivity index (χ4v) is 3.20. The van der Waals surface area contributed by atoms with Crippen LogP contribution in [-0.4, -0.2) is 10.9 Å². The summed E-state index contributed by atoms with van der Waals surface area (Å²) in [6.07, 6.45) is -6.38. The zero-order valence-electron chi connectivity index (χ0n) is 13.4. The summed E-state index contributed by atoms with van der Waals surface area (Å²) in [4.78, 5) is 1.20. The summed E-state index contributed by atoms with van der Waals surface area (Å²) in [7, 11) is 0. The van der Waals surface area contributed by atoms with Crippen LogP contribution in [0.4, 0.5) is 0 Å². The highest BCUT2D eigenvalue weighted by Gasteiger charge is 2.27. The summed E-state index contributed by atoms with van der Waals surface area (Å²) in [5.74, 6) is 0. The second kappa shape index (κ2) is 3.09. The summed E-state index contributed by atoms with van der Waals surface area (Å²) in [5.41, 5.74) is 1.44. The zero-order valence-corrected chi connectivity index (χ0v) is 8.24. The number of aryl methyl sites for hydroxylation is 1. The van der Waals surface area contributed by atoms with Gasteiger partial charge in [0.2, 0.25) is 0 Å². The van der Waals surface area contributed by atoms with E-state index in [2.05, 4.69) is 5.16 Å². The van der Waals surface area contributed by atoms with Gasteiger partial charge in [0.05, 0.1) is 10.6 Å². The average Bonchev–Trinajstić information content (AvgIpc) is 2.84. The van der Waals surface area contributed by atoms with E-state index in [-0.39, 0.29) is 12.0 Å². The first-order valence-electron chi connectivity index (χ1n) is 7.50. The van der Waals surface area contributed by atoms with Gasteiger partial charge in [0.25, 0.3) is 0 Å². The van der Waals surface area contributed by atoms with E-state index in [1.807, 2.05) is 0 Å². The first kappa shape index (κ1) is 4.35. The standard InChI is InChI=1S/C11H13NOS/c13-12-9-6-5-8-7-3-1-2-4-10(7)14-11(8)9/h13H,1-6H2/b12-9+/i1D2,2D2,3D2. The molecule has 74 valence electrons. The molecule has 2 nitrogen and oxygen atoms in total. The minimum atomic E-state index is -2.60. The van der Waals surface area contributed by atoms with Gasteiger partial charge in [0, 0.05) is 13.1 Å². The van der Waals surface area contributed by atoms with Crippen LogP contribution in [0.15, 0.2) is 5.16 Å². The van der Waals surface area contributed by atoms with E-state index in [9.17, 15) is 0 Å². The number of hydrogen-bond acceptors (Lipinski definition) is 3. The smallest absolute Gasteiger partial charge is 0.0973 e. The lowest BCUT2D eigenvalue weighted by molar-refractivity contribution is 0.318. The van der Waals surface area contributed by atoms with Crippen LogP contribution in [0.25, 0.3) is 0 Å². The Labute approximate surface area is 95.7 Å². The summed E-state index contributed by atoms with van der Waals surface area (Å²) < 4.78 is 47.8. The second-order valence-corrected chi connectivity index (χ2v) is 4.46. The molecular formula is C11H13NOS. The second-order valence-electron chi connectivity index (χ2n) is 3.36. The van der Waals surface area contributed by atoms with E-state index in [1.54, 1.807) is 0 Å². The minimum Gasteiger partial charge on any atom is -0.411 e. The van der Waals surface area contributed by atoms with Crippen LogP contribution >= 0.6 is 11.3 Å². The molecule has 3 rings (SSSR count). The van der Waals surface area contributed by atoms with Crippen molar-refractivity contribution in [3.8, 4) is 0 Å². The zero-order chi connectivity index (χ0) is 14.9. The lowest BCUT2D eigenvalue weighted by Crippen LogP contribution is -2.00. The van der Waals surface area contributed by atoms with Crippen LogP contribution < -0.4 is 0 Å². The quantitative estimate of drug-likeness (QED) is 0.521. The van der Waals surface area contributed by atoms with Crippen molar-refractivity contribution in [3.63, 3.8) is 0 Å². The largest absolute Gasteiger partial charge is 0.411 e. The van der Waals surface area contributed by atoms with E-state index < -0.39 is 19.1 Å². The monoisotopic (exact) mass is 213 g/mol. The van der Waals surface area contributed by atoms with Gasteiger partial charge in [-0.1, -0.05) is 5.16 Å². The molecule has 0 saturated carbocycles. The van der Waals surface area contributed by atoms with Crippen molar-refractivity contribution in [1.29, 1.82) is 0 Å². The molecule has 14 heavy (non-hydrogen) atoms. The summed E-state index contributed by atoms with van der Waals surface area (Å²) in [6, 6.07) is 0. The van der Waals surface area contributed by atoms with E-state index in [0.29, 0.717) is 33.9 Å². The molecule has 2 aliphatic rings. The van der Waals surface area contributed by atoms with E-state index in [4.69, 9.17) is 13.4 Å². The highest BCUT2D eigenvalue weighted by Crippen LogP contribution is 2.39. The van der Waals surface area contributed by atoms with Gasteiger partial charge in [-0.05, 0) is 49.5 Å². The molecule has 0 radical (unpaired) electrons. The average molecular weight is 213 g/mol. The topological polar surface area (TPSA) is 32.6 Å². The molecule has 0 spiro atoms. The molecule has 2 aliphatic carbocycles. The molecule has 1 N–H and O–H groups in total. The van der Waals surface area contributed by atoms with Gasteiger partial charge in [-0.25, -0.2) is 0 Å². The highest BCUT2D eigenvalue weighted by molar-refractivity contribution is 7.14. The van der Waals surface area contributed by atoms with Crippen molar-refractivity contribution in [2.45, 2.75) is 38.4 Å². The summed E-state index contributed by atoms with van der Waals surface area (Å²) in [5, 5.41) is 12.2. The maximum absolute atomic E-state index is 8.96. The lowest BCUT2D eigenvalue weighted by atomic mass is 9.95. The van der Waals surface area contributed by atoms with Gasteiger partial charge < -0.3 is 5.21 Å². The molecule has 0 amide bonds. The fourth-order valence-electron chi connectivity index (χ4n) is 1.94. The normalized spacial score (nSPS) is 39.6. The van der Waals surface area contributed by atoms with E-state index in [1.165, 1.54) is 11.3 Å². The Hall–Kier alpha value is -0.830. The molecule has 1 aromatic rings. The first-order valence-corrected chi connectivity index (χ1v) is 5.31. The third kappa shape index (κ3) is 1.05. The molecule has 3 heteroatoms. The van der Waals surface area contributed by atoms with Crippen molar-refractivity contribution in [2.24, 2.45) is 5.16 Å². The van der Waals surface area contributed by atoms with Crippen LogP contribution in [0.3, 0.4) is 0 Å². The van der Waals surface area contributed by atoms with Gasteiger partial charge in [0.15, 0.2) is 0 Å². The van der Waals surface area contributed by atoms with Crippen LogP contribution in [0, 0.1) is 0 Å². The summed E-state index contributed by atoms with van der Waals surface area (Å²) in [6.45, 7) is 0. The predicted octanol–water partition coefficient (Wildman–Crippen LogP) is 2.75. The maximum atomic E-state index is 8.96. The third-order valence-corrected chi connectivity index (χ3v) is 3.88. The Morgan fingerprint density at radius 3 is 3.00 bits per heavy atom. The number of oxime groups is 1. The van der Waals surface area contributed by atoms with Gasteiger partial charge in [-0.3, -0.25) is 0 Å². The Balaban J connectivity index is 2.27. The molecule has 1 heterocycles. The molecule has 0 saturated heterocycles. The van der Waals surface area contributed by atoms with Gasteiger partial charge in [-0.2, -0.15) is 0 Å². The first-order chi connectivity index (χ1) is 9.13. The Bertz CT molecular complexity index is 621. The van der Waals surface area contributed by atoms with Crippen molar-refractivity contribution >= 4 is 17.0 Å². The number of fused-ring (bicyclic) bond motifs is 3. The van der Waals surface area contributed by atoms with Crippen molar-refractivity contribution in [1.82, 2.24) is 0 Å². The van der Waals surface area contributed by atoms with Crippen LogP contribution in [0.5, 0.6) is 0 Å². The lowest BCUT2D eigenvalue weighted by Gasteiger charge is -2.11.